The molecule has 0 aliphatic carbocycles. The van der Waals surface area contributed by atoms with Crippen LogP contribution >= 0.6 is 0 Å². The maximum Gasteiger partial charge on any atom is 0.265 e. The summed E-state index contributed by atoms with van der Waals surface area (Å²) in [5.74, 6) is -1.91. The molecule has 0 aromatic rings. The molecule has 0 aromatic carbocycles. The number of unbranched alkanes of at least 4 members (excludes halogenated alkanes) is 3. The summed E-state index contributed by atoms with van der Waals surface area (Å²) in [5, 5.41) is 23.6. The van der Waals surface area contributed by atoms with Crippen molar-refractivity contribution in [2.75, 3.05) is 0 Å². The first-order valence-corrected chi connectivity index (χ1v) is 8.13. The molecule has 6 heteroatoms. The first-order valence-electron chi connectivity index (χ1n) is 8.13. The summed E-state index contributed by atoms with van der Waals surface area (Å²) in [4.78, 5) is 24.8. The van der Waals surface area contributed by atoms with Gasteiger partial charge in [-0.2, -0.15) is 0 Å². The Kier molecular flexibility index (Phi) is 4.41. The summed E-state index contributed by atoms with van der Waals surface area (Å²) in [6, 6.07) is 0. The average Bonchev–Trinajstić information content (AvgIpc) is 2.78. The SMILES string of the molecule is CCCCCC[C@@]1(C)O[C@H]2[C@](O)(C(=O)N[C@]2(O)C(C)C)C1=O. The molecule has 2 aliphatic heterocycles. The van der Waals surface area contributed by atoms with Gasteiger partial charge in [0.1, 0.15) is 5.60 Å². The van der Waals surface area contributed by atoms with Gasteiger partial charge in [-0.25, -0.2) is 0 Å². The van der Waals surface area contributed by atoms with E-state index in [0.717, 1.165) is 25.7 Å². The van der Waals surface area contributed by atoms with E-state index in [-0.39, 0.29) is 0 Å². The molecule has 0 unspecified atom stereocenters. The quantitative estimate of drug-likeness (QED) is 0.500. The summed E-state index contributed by atoms with van der Waals surface area (Å²) < 4.78 is 5.78. The lowest BCUT2D eigenvalue weighted by Gasteiger charge is -2.34. The second-order valence-corrected chi connectivity index (χ2v) is 7.07. The summed E-state index contributed by atoms with van der Waals surface area (Å²) >= 11 is 0. The van der Waals surface area contributed by atoms with E-state index in [2.05, 4.69) is 12.2 Å². The Bertz CT molecular complexity index is 479. The monoisotopic (exact) mass is 313 g/mol. The predicted octanol–water partition coefficient (Wildman–Crippen LogP) is 0.889. The second-order valence-electron chi connectivity index (χ2n) is 7.07. The minimum Gasteiger partial charge on any atom is -0.371 e. The lowest BCUT2D eigenvalue weighted by atomic mass is 9.82. The van der Waals surface area contributed by atoms with Crippen molar-refractivity contribution in [3.05, 3.63) is 0 Å². The van der Waals surface area contributed by atoms with Crippen LogP contribution in [-0.2, 0) is 14.3 Å². The zero-order valence-corrected chi connectivity index (χ0v) is 13.8. The Hall–Kier alpha value is -0.980. The number of carbonyl (C=O) groups excluding carboxylic acids is 2. The highest BCUT2D eigenvalue weighted by Gasteiger charge is 2.75. The van der Waals surface area contributed by atoms with Crippen molar-refractivity contribution in [2.45, 2.75) is 82.8 Å². The van der Waals surface area contributed by atoms with E-state index < -0.39 is 40.6 Å². The third kappa shape index (κ3) is 2.28. The van der Waals surface area contributed by atoms with Crippen molar-refractivity contribution in [3.8, 4) is 0 Å². The first kappa shape index (κ1) is 17.4. The molecule has 4 atom stereocenters. The van der Waals surface area contributed by atoms with Gasteiger partial charge in [-0.3, -0.25) is 9.59 Å². The molecular formula is C16H27NO5. The van der Waals surface area contributed by atoms with Crippen LogP contribution in [-0.4, -0.2) is 44.9 Å². The van der Waals surface area contributed by atoms with Crippen molar-refractivity contribution in [1.82, 2.24) is 5.32 Å². The molecule has 2 aliphatic rings. The van der Waals surface area contributed by atoms with Crippen LogP contribution < -0.4 is 5.32 Å². The van der Waals surface area contributed by atoms with Crippen molar-refractivity contribution in [2.24, 2.45) is 5.92 Å². The number of carbonyl (C=O) groups is 2. The van der Waals surface area contributed by atoms with E-state index in [1.54, 1.807) is 20.8 Å². The molecule has 3 N–H and O–H groups in total. The van der Waals surface area contributed by atoms with Gasteiger partial charge in [-0.05, 0) is 13.3 Å². The lowest BCUT2D eigenvalue weighted by Crippen LogP contribution is -2.55. The molecule has 22 heavy (non-hydrogen) atoms. The molecule has 2 fully saturated rings. The van der Waals surface area contributed by atoms with Crippen LogP contribution in [0.4, 0.5) is 0 Å². The third-order valence-electron chi connectivity index (χ3n) is 5.03. The molecule has 0 bridgehead atoms. The van der Waals surface area contributed by atoms with Gasteiger partial charge >= 0.3 is 0 Å². The fourth-order valence-corrected chi connectivity index (χ4v) is 3.40. The molecule has 2 saturated heterocycles. The number of ketones is 1. The van der Waals surface area contributed by atoms with E-state index in [4.69, 9.17) is 4.74 Å². The zero-order chi connectivity index (χ0) is 16.8. The van der Waals surface area contributed by atoms with E-state index in [9.17, 15) is 19.8 Å². The van der Waals surface area contributed by atoms with Gasteiger partial charge in [-0.15, -0.1) is 0 Å². The number of amides is 1. The average molecular weight is 313 g/mol. The van der Waals surface area contributed by atoms with Gasteiger partial charge in [-0.1, -0.05) is 46.5 Å². The van der Waals surface area contributed by atoms with Crippen LogP contribution in [0.1, 0.15) is 59.8 Å². The number of rotatable bonds is 6. The standard InChI is InChI=1S/C16H27NO5/c1-5-6-7-8-9-14(4)11(18)15(20)12(22-14)16(21,10(2)3)17-13(15)19/h10,12,20-21H,5-9H2,1-4H3,(H,17,19)/t12-,14+,15-,16-/m0/s1. The van der Waals surface area contributed by atoms with Crippen LogP contribution in [0.15, 0.2) is 0 Å². The number of ether oxygens (including phenoxy) is 1. The highest BCUT2D eigenvalue weighted by atomic mass is 16.6. The molecule has 0 spiro atoms. The summed E-state index contributed by atoms with van der Waals surface area (Å²) in [7, 11) is 0. The second kappa shape index (κ2) is 5.58. The van der Waals surface area contributed by atoms with Crippen LogP contribution in [0, 0.1) is 5.92 Å². The molecule has 0 radical (unpaired) electrons. The number of nitrogens with one attached hydrogen (secondary N) is 1. The Labute approximate surface area is 131 Å². The predicted molar refractivity (Wildman–Crippen MR) is 79.9 cm³/mol. The van der Waals surface area contributed by atoms with Gasteiger partial charge in [0.25, 0.3) is 5.91 Å². The minimum absolute atomic E-state index is 0.397. The Balaban J connectivity index is 2.24. The Morgan fingerprint density at radius 1 is 1.23 bits per heavy atom. The highest BCUT2D eigenvalue weighted by molar-refractivity contribution is 6.16. The third-order valence-corrected chi connectivity index (χ3v) is 5.03. The fraction of sp³-hybridized carbons (Fsp3) is 0.875. The van der Waals surface area contributed by atoms with E-state index in [1.165, 1.54) is 0 Å². The molecule has 2 heterocycles. The topological polar surface area (TPSA) is 95.9 Å². The van der Waals surface area contributed by atoms with Crippen molar-refractivity contribution < 1.29 is 24.5 Å². The number of Topliss-reactive ketones (excluding diaryl/α,β-unsaturated/α-hetero) is 1. The minimum atomic E-state index is -2.29. The van der Waals surface area contributed by atoms with E-state index in [0.29, 0.717) is 6.42 Å². The van der Waals surface area contributed by atoms with Gasteiger partial charge in [0.15, 0.2) is 11.8 Å². The maximum absolute atomic E-state index is 12.7. The normalized spacial score (nSPS) is 41.1. The Morgan fingerprint density at radius 3 is 2.41 bits per heavy atom. The van der Waals surface area contributed by atoms with E-state index in [1.807, 2.05) is 0 Å². The van der Waals surface area contributed by atoms with Crippen LogP contribution in [0.25, 0.3) is 0 Å². The molecule has 126 valence electrons. The summed E-state index contributed by atoms with van der Waals surface area (Å²) in [6.07, 6.45) is 3.05. The van der Waals surface area contributed by atoms with Crippen molar-refractivity contribution >= 4 is 11.7 Å². The van der Waals surface area contributed by atoms with Gasteiger partial charge < -0.3 is 20.3 Å². The molecule has 2 rings (SSSR count). The fourth-order valence-electron chi connectivity index (χ4n) is 3.40. The zero-order valence-electron chi connectivity index (χ0n) is 13.8. The molecule has 1 amide bonds. The number of hydrogen-bond acceptors (Lipinski definition) is 5. The molecule has 0 saturated carbocycles. The molecular weight excluding hydrogens is 286 g/mol. The van der Waals surface area contributed by atoms with Crippen LogP contribution in [0.2, 0.25) is 0 Å². The molecule has 0 aromatic heterocycles. The Morgan fingerprint density at radius 2 is 1.86 bits per heavy atom. The number of fused-ring (bicyclic) bond motifs is 1. The first-order chi connectivity index (χ1) is 10.1. The van der Waals surface area contributed by atoms with Crippen molar-refractivity contribution in [3.63, 3.8) is 0 Å². The summed E-state index contributed by atoms with van der Waals surface area (Å²) in [5.41, 5.74) is -5.25. The lowest BCUT2D eigenvalue weighted by molar-refractivity contribution is -0.170. The smallest absolute Gasteiger partial charge is 0.265 e. The summed E-state index contributed by atoms with van der Waals surface area (Å²) in [6.45, 7) is 7.11. The van der Waals surface area contributed by atoms with E-state index >= 15 is 0 Å². The highest BCUT2D eigenvalue weighted by Crippen LogP contribution is 2.47. The molecule has 6 nitrogen and oxygen atoms in total. The van der Waals surface area contributed by atoms with Gasteiger partial charge in [0.2, 0.25) is 11.4 Å². The van der Waals surface area contributed by atoms with Crippen LogP contribution in [0.3, 0.4) is 0 Å². The van der Waals surface area contributed by atoms with Crippen LogP contribution in [0.5, 0.6) is 0 Å². The maximum atomic E-state index is 12.7. The van der Waals surface area contributed by atoms with Gasteiger partial charge in [0, 0.05) is 5.92 Å². The largest absolute Gasteiger partial charge is 0.371 e. The number of hydrogen-bond donors (Lipinski definition) is 3. The van der Waals surface area contributed by atoms with Crippen molar-refractivity contribution in [1.29, 1.82) is 0 Å². The number of aliphatic hydroxyl groups is 2. The van der Waals surface area contributed by atoms with Gasteiger partial charge in [0.05, 0.1) is 0 Å².